The molecule has 0 aliphatic carbocycles. The van der Waals surface area contributed by atoms with Crippen LogP contribution in [-0.2, 0) is 6.42 Å². The number of benzene rings is 2. The molecular weight excluding hydrogens is 350 g/mol. The van der Waals surface area contributed by atoms with E-state index in [1.807, 2.05) is 0 Å². The number of hydrogen-bond donors (Lipinski definition) is 1. The van der Waals surface area contributed by atoms with E-state index in [4.69, 9.17) is 5.73 Å². The summed E-state index contributed by atoms with van der Waals surface area (Å²) in [6, 6.07) is 15.2. The van der Waals surface area contributed by atoms with Gasteiger partial charge in [0, 0.05) is 10.2 Å². The summed E-state index contributed by atoms with van der Waals surface area (Å²) < 4.78 is 1.10. The summed E-state index contributed by atoms with van der Waals surface area (Å²) in [7, 11) is 0. The zero-order chi connectivity index (χ0) is 13.7. The fourth-order valence-electron chi connectivity index (χ4n) is 3.18. The number of nitrogens with two attached hydrogens (primary N) is 1. The van der Waals surface area contributed by atoms with Gasteiger partial charge in [0.2, 0.25) is 0 Å². The lowest BCUT2D eigenvalue weighted by Crippen LogP contribution is -2.36. The Balaban J connectivity index is 0.00000132. The molecule has 0 spiro atoms. The fourth-order valence-corrected chi connectivity index (χ4v) is 3.59. The predicted octanol–water partition coefficient (Wildman–Crippen LogP) is 3.65. The average molecular weight is 365 g/mol. The third kappa shape index (κ3) is 2.23. The van der Waals surface area contributed by atoms with E-state index in [1.165, 1.54) is 22.4 Å². The predicted molar refractivity (Wildman–Crippen MR) is 92.3 cm³/mol. The number of nitrogens with zero attached hydrogens (tertiary/aromatic N) is 2. The quantitative estimate of drug-likeness (QED) is 0.775. The molecule has 21 heavy (non-hydrogen) atoms. The molecule has 2 aromatic carbocycles. The maximum Gasteiger partial charge on any atom is 0.196 e. The molecule has 3 nitrogen and oxygen atoms in total. The summed E-state index contributed by atoms with van der Waals surface area (Å²) in [5, 5.41) is 0. The molecule has 0 aromatic heterocycles. The Morgan fingerprint density at radius 3 is 2.81 bits per heavy atom. The molecule has 1 unspecified atom stereocenters. The monoisotopic (exact) mass is 363 g/mol. The van der Waals surface area contributed by atoms with E-state index in [2.05, 4.69) is 68.3 Å². The topological polar surface area (TPSA) is 41.6 Å². The second-order valence-corrected chi connectivity index (χ2v) is 6.15. The van der Waals surface area contributed by atoms with Crippen LogP contribution in [0.25, 0.3) is 0 Å². The van der Waals surface area contributed by atoms with Crippen LogP contribution in [0, 0.1) is 0 Å². The summed E-state index contributed by atoms with van der Waals surface area (Å²) >= 11 is 3.56. The van der Waals surface area contributed by atoms with Gasteiger partial charge in [-0.25, -0.2) is 0 Å². The van der Waals surface area contributed by atoms with Crippen LogP contribution in [0.2, 0.25) is 0 Å². The Morgan fingerprint density at radius 1 is 1.14 bits per heavy atom. The van der Waals surface area contributed by atoms with Gasteiger partial charge in [0.25, 0.3) is 0 Å². The Morgan fingerprint density at radius 2 is 1.95 bits per heavy atom. The SMILES string of the molecule is Cl.NC1=NCC2c3ccccc3Cc3cc(Br)ccc3N12. The van der Waals surface area contributed by atoms with Crippen molar-refractivity contribution in [2.24, 2.45) is 10.7 Å². The average Bonchev–Trinajstić information content (AvgIpc) is 2.75. The van der Waals surface area contributed by atoms with Crippen molar-refractivity contribution in [1.29, 1.82) is 0 Å². The van der Waals surface area contributed by atoms with Crippen LogP contribution in [0.5, 0.6) is 0 Å². The van der Waals surface area contributed by atoms with Gasteiger partial charge in [0.1, 0.15) is 0 Å². The third-order valence-corrected chi connectivity index (χ3v) is 4.57. The molecule has 1 atom stereocenters. The Labute approximate surface area is 138 Å². The van der Waals surface area contributed by atoms with Crippen LogP contribution < -0.4 is 10.6 Å². The summed E-state index contributed by atoms with van der Waals surface area (Å²) in [5.41, 5.74) is 11.3. The van der Waals surface area contributed by atoms with E-state index in [0.29, 0.717) is 5.96 Å². The van der Waals surface area contributed by atoms with Crippen LogP contribution in [0.3, 0.4) is 0 Å². The van der Waals surface area contributed by atoms with Crippen LogP contribution >= 0.6 is 28.3 Å². The molecule has 0 saturated carbocycles. The lowest BCUT2D eigenvalue weighted by molar-refractivity contribution is 0.768. The van der Waals surface area contributed by atoms with Gasteiger partial charge in [0.05, 0.1) is 12.6 Å². The van der Waals surface area contributed by atoms with Crippen LogP contribution in [-0.4, -0.2) is 12.5 Å². The van der Waals surface area contributed by atoms with Crippen molar-refractivity contribution in [3.05, 3.63) is 63.6 Å². The van der Waals surface area contributed by atoms with Crippen molar-refractivity contribution >= 4 is 40.0 Å². The highest BCUT2D eigenvalue weighted by molar-refractivity contribution is 9.10. The molecular formula is C16H15BrClN3. The van der Waals surface area contributed by atoms with E-state index in [9.17, 15) is 0 Å². The minimum absolute atomic E-state index is 0. The standard InChI is InChI=1S/C16H14BrN3.ClH/c17-12-5-6-14-11(8-12)7-10-3-1-2-4-13(10)15-9-19-16(18)20(14)15;/h1-6,8,15H,7,9H2,(H2,18,19);1H. The highest BCUT2D eigenvalue weighted by Crippen LogP contribution is 2.40. The molecule has 0 bridgehead atoms. The largest absolute Gasteiger partial charge is 0.369 e. The van der Waals surface area contributed by atoms with Crippen LogP contribution in [0.4, 0.5) is 5.69 Å². The molecule has 4 rings (SSSR count). The van der Waals surface area contributed by atoms with E-state index >= 15 is 0 Å². The summed E-state index contributed by atoms with van der Waals surface area (Å²) in [6.07, 6.45) is 0.936. The van der Waals surface area contributed by atoms with Gasteiger partial charge in [-0.3, -0.25) is 4.99 Å². The number of anilines is 1. The highest BCUT2D eigenvalue weighted by Gasteiger charge is 2.33. The molecule has 2 aromatic rings. The summed E-state index contributed by atoms with van der Waals surface area (Å²) in [4.78, 5) is 6.63. The van der Waals surface area contributed by atoms with Crippen molar-refractivity contribution in [2.75, 3.05) is 11.4 Å². The first-order valence-corrected chi connectivity index (χ1v) is 7.49. The van der Waals surface area contributed by atoms with Gasteiger partial charge in [-0.05, 0) is 41.3 Å². The van der Waals surface area contributed by atoms with E-state index in [-0.39, 0.29) is 18.4 Å². The minimum Gasteiger partial charge on any atom is -0.369 e. The number of halogens is 2. The van der Waals surface area contributed by atoms with E-state index in [1.54, 1.807) is 0 Å². The first-order chi connectivity index (χ1) is 9.74. The maximum atomic E-state index is 6.13. The molecule has 108 valence electrons. The second kappa shape index (κ2) is 5.35. The molecule has 0 saturated heterocycles. The van der Waals surface area contributed by atoms with Crippen molar-refractivity contribution < 1.29 is 0 Å². The number of rotatable bonds is 0. The Kier molecular flexibility index (Phi) is 3.68. The lowest BCUT2D eigenvalue weighted by Gasteiger charge is -2.26. The van der Waals surface area contributed by atoms with Gasteiger partial charge < -0.3 is 10.6 Å². The first-order valence-electron chi connectivity index (χ1n) is 6.69. The van der Waals surface area contributed by atoms with Crippen molar-refractivity contribution in [2.45, 2.75) is 12.5 Å². The van der Waals surface area contributed by atoms with E-state index < -0.39 is 0 Å². The maximum absolute atomic E-state index is 6.13. The van der Waals surface area contributed by atoms with Crippen molar-refractivity contribution in [3.8, 4) is 0 Å². The molecule has 5 heteroatoms. The minimum atomic E-state index is 0. The molecule has 2 N–H and O–H groups in total. The van der Waals surface area contributed by atoms with Crippen LogP contribution in [0.15, 0.2) is 51.9 Å². The third-order valence-electron chi connectivity index (χ3n) is 4.08. The normalized spacial score (nSPS) is 18.8. The first kappa shape index (κ1) is 14.4. The Bertz CT molecular complexity index is 729. The second-order valence-electron chi connectivity index (χ2n) is 5.23. The van der Waals surface area contributed by atoms with Crippen molar-refractivity contribution in [3.63, 3.8) is 0 Å². The molecule has 0 radical (unpaired) electrons. The van der Waals surface area contributed by atoms with Gasteiger partial charge in [-0.1, -0.05) is 40.2 Å². The van der Waals surface area contributed by atoms with Gasteiger partial charge in [-0.15, -0.1) is 12.4 Å². The molecule has 2 aliphatic heterocycles. The van der Waals surface area contributed by atoms with Gasteiger partial charge >= 0.3 is 0 Å². The lowest BCUT2D eigenvalue weighted by atomic mass is 9.97. The highest BCUT2D eigenvalue weighted by atomic mass is 79.9. The molecule has 2 aliphatic rings. The van der Waals surface area contributed by atoms with Crippen molar-refractivity contribution in [1.82, 2.24) is 0 Å². The fraction of sp³-hybridized carbons (Fsp3) is 0.188. The number of aliphatic imine (C=N–C) groups is 1. The smallest absolute Gasteiger partial charge is 0.196 e. The molecule has 0 fully saturated rings. The van der Waals surface area contributed by atoms with Gasteiger partial charge in [0.15, 0.2) is 5.96 Å². The van der Waals surface area contributed by atoms with Gasteiger partial charge in [-0.2, -0.15) is 0 Å². The van der Waals surface area contributed by atoms with E-state index in [0.717, 1.165) is 17.4 Å². The summed E-state index contributed by atoms with van der Waals surface area (Å²) in [6.45, 7) is 0.734. The van der Waals surface area contributed by atoms with Crippen LogP contribution in [0.1, 0.15) is 22.7 Å². The number of hydrogen-bond acceptors (Lipinski definition) is 3. The number of guanidine groups is 1. The zero-order valence-corrected chi connectivity index (χ0v) is 13.7. The zero-order valence-electron chi connectivity index (χ0n) is 11.3. The number of fused-ring (bicyclic) bond motifs is 5. The Hall–Kier alpha value is -1.52. The summed E-state index contributed by atoms with van der Waals surface area (Å²) in [5.74, 6) is 0.621. The molecule has 2 heterocycles. The molecule has 0 amide bonds.